The summed E-state index contributed by atoms with van der Waals surface area (Å²) in [6.45, 7) is 0. The lowest BCUT2D eigenvalue weighted by atomic mass is 10.1. The van der Waals surface area contributed by atoms with Crippen LogP contribution < -0.4 is 5.32 Å². The molecular weight excluding hydrogens is 361 g/mol. The molecule has 2 aromatic rings. The summed E-state index contributed by atoms with van der Waals surface area (Å²) >= 11 is 2.45. The number of anilines is 1. The maximum absolute atomic E-state index is 12.9. The van der Waals surface area contributed by atoms with E-state index in [0.717, 1.165) is 23.5 Å². The molecule has 0 fully saturated rings. The van der Waals surface area contributed by atoms with Gasteiger partial charge in [-0.2, -0.15) is 18.4 Å². The largest absolute Gasteiger partial charge is 0.417 e. The lowest BCUT2D eigenvalue weighted by Gasteiger charge is -2.11. The van der Waals surface area contributed by atoms with Gasteiger partial charge in [0.2, 0.25) is 5.13 Å². The highest BCUT2D eigenvalue weighted by atomic mass is 32.2. The zero-order valence-corrected chi connectivity index (χ0v) is 13.8. The molecule has 0 spiro atoms. The van der Waals surface area contributed by atoms with Crippen molar-refractivity contribution in [1.82, 2.24) is 10.2 Å². The number of hydrogen-bond donors (Lipinski definition) is 1. The molecule has 0 radical (unpaired) electrons. The van der Waals surface area contributed by atoms with Gasteiger partial charge in [-0.25, -0.2) is 0 Å². The fourth-order valence-corrected chi connectivity index (χ4v) is 3.48. The SMILES string of the molecule is N#CCCCSc1nnc(NC(=O)c2ccccc2C(F)(F)F)s1. The molecule has 0 saturated carbocycles. The number of amides is 1. The molecule has 10 heteroatoms. The zero-order chi connectivity index (χ0) is 17.6. The molecule has 126 valence electrons. The second-order valence-electron chi connectivity index (χ2n) is 4.48. The maximum Gasteiger partial charge on any atom is 0.417 e. The first-order valence-electron chi connectivity index (χ1n) is 6.72. The first-order chi connectivity index (χ1) is 11.4. The van der Waals surface area contributed by atoms with Crippen molar-refractivity contribution in [3.63, 3.8) is 0 Å². The van der Waals surface area contributed by atoms with Gasteiger partial charge in [-0.1, -0.05) is 35.2 Å². The van der Waals surface area contributed by atoms with Crippen molar-refractivity contribution in [3.05, 3.63) is 35.4 Å². The quantitative estimate of drug-likeness (QED) is 0.467. The molecule has 24 heavy (non-hydrogen) atoms. The number of alkyl halides is 3. The van der Waals surface area contributed by atoms with Crippen molar-refractivity contribution in [2.45, 2.75) is 23.4 Å². The summed E-state index contributed by atoms with van der Waals surface area (Å²) in [6, 6.07) is 6.57. The Morgan fingerprint density at radius 1 is 1.33 bits per heavy atom. The van der Waals surface area contributed by atoms with Crippen molar-refractivity contribution < 1.29 is 18.0 Å². The molecule has 0 aliphatic carbocycles. The fraction of sp³-hybridized carbons (Fsp3) is 0.286. The number of carbonyl (C=O) groups is 1. The van der Waals surface area contributed by atoms with E-state index in [2.05, 4.69) is 15.5 Å². The highest BCUT2D eigenvalue weighted by Gasteiger charge is 2.35. The lowest BCUT2D eigenvalue weighted by molar-refractivity contribution is -0.137. The van der Waals surface area contributed by atoms with Gasteiger partial charge in [0.05, 0.1) is 17.2 Å². The Hall–Kier alpha value is -2.12. The van der Waals surface area contributed by atoms with Crippen LogP contribution in [0.5, 0.6) is 0 Å². The van der Waals surface area contributed by atoms with E-state index in [1.54, 1.807) is 0 Å². The van der Waals surface area contributed by atoms with Crippen LogP contribution in [0, 0.1) is 11.3 Å². The van der Waals surface area contributed by atoms with E-state index < -0.39 is 23.2 Å². The van der Waals surface area contributed by atoms with Gasteiger partial charge in [-0.3, -0.25) is 10.1 Å². The summed E-state index contributed by atoms with van der Waals surface area (Å²) < 4.78 is 39.3. The monoisotopic (exact) mass is 372 g/mol. The smallest absolute Gasteiger partial charge is 0.296 e. The van der Waals surface area contributed by atoms with Crippen LogP contribution in [0.4, 0.5) is 18.3 Å². The van der Waals surface area contributed by atoms with E-state index in [9.17, 15) is 18.0 Å². The third-order valence-electron chi connectivity index (χ3n) is 2.76. The summed E-state index contributed by atoms with van der Waals surface area (Å²) in [4.78, 5) is 12.1. The van der Waals surface area contributed by atoms with Gasteiger partial charge in [0.1, 0.15) is 0 Å². The van der Waals surface area contributed by atoms with Gasteiger partial charge in [-0.05, 0) is 18.6 Å². The normalized spacial score (nSPS) is 11.1. The van der Waals surface area contributed by atoms with Crippen LogP contribution in [0.2, 0.25) is 0 Å². The fourth-order valence-electron chi connectivity index (χ4n) is 1.72. The van der Waals surface area contributed by atoms with Crippen LogP contribution in [0.3, 0.4) is 0 Å². The first kappa shape index (κ1) is 18.2. The van der Waals surface area contributed by atoms with Gasteiger partial charge in [0, 0.05) is 12.2 Å². The number of nitrogens with zero attached hydrogens (tertiary/aromatic N) is 3. The number of aromatic nitrogens is 2. The van der Waals surface area contributed by atoms with Crippen LogP contribution in [0.15, 0.2) is 28.6 Å². The second-order valence-corrected chi connectivity index (χ2v) is 6.80. The van der Waals surface area contributed by atoms with Gasteiger partial charge in [0.25, 0.3) is 5.91 Å². The molecular formula is C14H11F3N4OS2. The zero-order valence-electron chi connectivity index (χ0n) is 12.1. The second kappa shape index (κ2) is 8.12. The minimum Gasteiger partial charge on any atom is -0.296 e. The highest BCUT2D eigenvalue weighted by Crippen LogP contribution is 2.32. The van der Waals surface area contributed by atoms with Gasteiger partial charge in [-0.15, -0.1) is 10.2 Å². The molecule has 1 aromatic carbocycles. The Morgan fingerprint density at radius 3 is 2.79 bits per heavy atom. The minimum absolute atomic E-state index is 0.125. The van der Waals surface area contributed by atoms with E-state index in [1.807, 2.05) is 6.07 Å². The Balaban J connectivity index is 2.04. The number of carbonyl (C=O) groups excluding carboxylic acids is 1. The van der Waals surface area contributed by atoms with E-state index in [0.29, 0.717) is 22.9 Å². The minimum atomic E-state index is -4.61. The molecule has 1 N–H and O–H groups in total. The van der Waals surface area contributed by atoms with Gasteiger partial charge >= 0.3 is 6.18 Å². The molecule has 0 bridgehead atoms. The van der Waals surface area contributed by atoms with Crippen molar-refractivity contribution in [1.29, 1.82) is 5.26 Å². The average Bonchev–Trinajstić information content (AvgIpc) is 2.98. The summed E-state index contributed by atoms with van der Waals surface area (Å²) in [5.41, 5.74) is -1.47. The molecule has 1 heterocycles. The van der Waals surface area contributed by atoms with Crippen LogP contribution >= 0.6 is 23.1 Å². The molecule has 2 rings (SSSR count). The molecule has 0 aliphatic heterocycles. The summed E-state index contributed by atoms with van der Waals surface area (Å²) in [6.07, 6.45) is -3.48. The summed E-state index contributed by atoms with van der Waals surface area (Å²) in [5.74, 6) is -0.215. The molecule has 0 aliphatic rings. The van der Waals surface area contributed by atoms with Gasteiger partial charge < -0.3 is 0 Å². The number of nitrogens with one attached hydrogen (secondary N) is 1. The molecule has 0 unspecified atom stereocenters. The number of thioether (sulfide) groups is 1. The van der Waals surface area contributed by atoms with E-state index in [-0.39, 0.29) is 5.13 Å². The lowest BCUT2D eigenvalue weighted by Crippen LogP contribution is -2.18. The standard InChI is InChI=1S/C14H11F3N4OS2/c15-14(16,17)10-6-2-1-5-9(10)11(22)19-12-20-21-13(24-12)23-8-4-3-7-18/h1-2,5-6H,3-4,8H2,(H,19,20,22). The number of hydrogen-bond acceptors (Lipinski definition) is 6. The number of halogens is 3. The van der Waals surface area contributed by atoms with Crippen LogP contribution in [0.1, 0.15) is 28.8 Å². The summed E-state index contributed by atoms with van der Waals surface area (Å²) in [7, 11) is 0. The molecule has 1 aromatic heterocycles. The Morgan fingerprint density at radius 2 is 2.08 bits per heavy atom. The predicted octanol–water partition coefficient (Wildman–Crippen LogP) is 4.21. The van der Waals surface area contributed by atoms with Crippen molar-refractivity contribution >= 4 is 34.1 Å². The van der Waals surface area contributed by atoms with Crippen LogP contribution in [-0.2, 0) is 6.18 Å². The van der Waals surface area contributed by atoms with E-state index in [4.69, 9.17) is 5.26 Å². The maximum atomic E-state index is 12.9. The first-order valence-corrected chi connectivity index (χ1v) is 8.53. The Kier molecular flexibility index (Phi) is 6.16. The molecule has 0 saturated heterocycles. The van der Waals surface area contributed by atoms with Crippen molar-refractivity contribution in [2.75, 3.05) is 11.1 Å². The number of benzene rings is 1. The Labute approximate surface area is 143 Å². The number of rotatable bonds is 6. The highest BCUT2D eigenvalue weighted by molar-refractivity contribution is 8.01. The number of unbranched alkanes of at least 4 members (excludes halogenated alkanes) is 1. The third-order valence-corrected chi connectivity index (χ3v) is 4.82. The predicted molar refractivity (Wildman–Crippen MR) is 84.9 cm³/mol. The third kappa shape index (κ3) is 4.94. The van der Waals surface area contributed by atoms with Crippen LogP contribution in [-0.4, -0.2) is 21.9 Å². The van der Waals surface area contributed by atoms with Gasteiger partial charge in [0.15, 0.2) is 4.34 Å². The molecule has 0 atom stereocenters. The van der Waals surface area contributed by atoms with Crippen LogP contribution in [0.25, 0.3) is 0 Å². The molecule has 1 amide bonds. The van der Waals surface area contributed by atoms with Crippen molar-refractivity contribution in [3.8, 4) is 6.07 Å². The van der Waals surface area contributed by atoms with Crippen molar-refractivity contribution in [2.24, 2.45) is 0 Å². The topological polar surface area (TPSA) is 78.7 Å². The average molecular weight is 372 g/mol. The molecule has 5 nitrogen and oxygen atoms in total. The van der Waals surface area contributed by atoms with E-state index in [1.165, 1.54) is 23.9 Å². The summed E-state index contributed by atoms with van der Waals surface area (Å²) in [5, 5.41) is 18.5. The Bertz CT molecular complexity index is 755. The number of nitriles is 1. The van der Waals surface area contributed by atoms with E-state index >= 15 is 0 Å².